The van der Waals surface area contributed by atoms with Gasteiger partial charge in [0, 0.05) is 40.5 Å². The zero-order valence-corrected chi connectivity index (χ0v) is 16.5. The van der Waals surface area contributed by atoms with Crippen molar-refractivity contribution < 1.29 is 4.79 Å². The fraction of sp³-hybridized carbons (Fsp3) is 0.0417. The summed E-state index contributed by atoms with van der Waals surface area (Å²) < 4.78 is 2.17. The molecule has 1 amide bonds. The van der Waals surface area contributed by atoms with Gasteiger partial charge in [-0.2, -0.15) is 5.10 Å². The molecule has 3 N–H and O–H groups in total. The number of aromatic amines is 2. The average molecular weight is 409 g/mol. The second-order valence-corrected chi connectivity index (χ2v) is 7.26. The van der Waals surface area contributed by atoms with Gasteiger partial charge in [-0.05, 0) is 42.0 Å². The van der Waals surface area contributed by atoms with Gasteiger partial charge in [0.05, 0.1) is 0 Å². The van der Waals surface area contributed by atoms with Gasteiger partial charge in [-0.3, -0.25) is 9.78 Å². The minimum absolute atomic E-state index is 0.203. The molecule has 0 saturated heterocycles. The van der Waals surface area contributed by atoms with Crippen LogP contribution in [-0.2, 0) is 6.54 Å². The number of rotatable bonds is 5. The topological polar surface area (TPSA) is 95.6 Å². The van der Waals surface area contributed by atoms with Crippen molar-refractivity contribution in [3.8, 4) is 11.4 Å². The largest absolute Gasteiger partial charge is 0.343 e. The SMILES string of the molecule is O=C(Nc1cccc(-c2n[nH]c(=O)[nH]2)c1)c1ccc2c(ccn2Cc2ccccc2)c1. The molecule has 0 fully saturated rings. The van der Waals surface area contributed by atoms with Crippen LogP contribution in [-0.4, -0.2) is 25.7 Å². The van der Waals surface area contributed by atoms with Gasteiger partial charge in [-0.15, -0.1) is 0 Å². The number of benzene rings is 3. The number of hydrogen-bond acceptors (Lipinski definition) is 3. The van der Waals surface area contributed by atoms with Crippen LogP contribution in [0.4, 0.5) is 5.69 Å². The molecule has 7 heteroatoms. The maximum atomic E-state index is 12.8. The summed E-state index contributed by atoms with van der Waals surface area (Å²) in [6.07, 6.45) is 2.04. The molecule has 0 aliphatic heterocycles. The molecule has 0 unspecified atom stereocenters. The van der Waals surface area contributed by atoms with Crippen molar-refractivity contribution >= 4 is 22.5 Å². The third-order valence-electron chi connectivity index (χ3n) is 5.12. The summed E-state index contributed by atoms with van der Waals surface area (Å²) in [5, 5.41) is 10.2. The lowest BCUT2D eigenvalue weighted by Gasteiger charge is -2.08. The summed E-state index contributed by atoms with van der Waals surface area (Å²) in [5.41, 5.74) is 3.81. The summed E-state index contributed by atoms with van der Waals surface area (Å²) in [6, 6.07) is 25.1. The van der Waals surface area contributed by atoms with Crippen molar-refractivity contribution in [1.29, 1.82) is 0 Å². The van der Waals surface area contributed by atoms with Gasteiger partial charge in [0.15, 0.2) is 5.82 Å². The summed E-state index contributed by atoms with van der Waals surface area (Å²) in [5.74, 6) is 0.215. The zero-order chi connectivity index (χ0) is 21.2. The number of carbonyl (C=O) groups is 1. The Bertz CT molecular complexity index is 1430. The number of carbonyl (C=O) groups excluding carboxylic acids is 1. The summed E-state index contributed by atoms with van der Waals surface area (Å²) in [7, 11) is 0. The molecule has 0 aliphatic carbocycles. The normalized spacial score (nSPS) is 11.0. The smallest absolute Gasteiger partial charge is 0.340 e. The summed E-state index contributed by atoms with van der Waals surface area (Å²) in [6.45, 7) is 0.776. The molecule has 0 atom stereocenters. The highest BCUT2D eigenvalue weighted by atomic mass is 16.2. The maximum Gasteiger partial charge on any atom is 0.340 e. The first kappa shape index (κ1) is 18.6. The van der Waals surface area contributed by atoms with Gasteiger partial charge < -0.3 is 9.88 Å². The van der Waals surface area contributed by atoms with E-state index in [0.29, 0.717) is 22.6 Å². The van der Waals surface area contributed by atoms with Gasteiger partial charge in [0.1, 0.15) is 0 Å². The molecule has 5 rings (SSSR count). The number of aromatic nitrogens is 4. The van der Waals surface area contributed by atoms with Crippen molar-refractivity contribution in [2.24, 2.45) is 0 Å². The number of anilines is 1. The lowest BCUT2D eigenvalue weighted by Crippen LogP contribution is -2.11. The minimum atomic E-state index is -0.378. The Morgan fingerprint density at radius 1 is 0.968 bits per heavy atom. The van der Waals surface area contributed by atoms with E-state index in [-0.39, 0.29) is 11.6 Å². The quantitative estimate of drug-likeness (QED) is 0.409. The molecule has 0 radical (unpaired) electrons. The highest BCUT2D eigenvalue weighted by Crippen LogP contribution is 2.22. The molecule has 0 bridgehead atoms. The lowest BCUT2D eigenvalue weighted by molar-refractivity contribution is 0.102. The Morgan fingerprint density at radius 3 is 2.65 bits per heavy atom. The molecule has 5 aromatic rings. The van der Waals surface area contributed by atoms with Crippen molar-refractivity contribution in [1.82, 2.24) is 19.7 Å². The lowest BCUT2D eigenvalue weighted by atomic mass is 10.1. The van der Waals surface area contributed by atoms with Crippen LogP contribution in [0.25, 0.3) is 22.3 Å². The number of fused-ring (bicyclic) bond motifs is 1. The summed E-state index contributed by atoms with van der Waals surface area (Å²) in [4.78, 5) is 26.7. The first-order valence-electron chi connectivity index (χ1n) is 9.85. The molecule has 2 aromatic heterocycles. The number of hydrogen-bond donors (Lipinski definition) is 3. The van der Waals surface area contributed by atoms with E-state index in [1.165, 1.54) is 5.56 Å². The Kier molecular flexibility index (Phi) is 4.68. The van der Waals surface area contributed by atoms with Crippen LogP contribution in [0.2, 0.25) is 0 Å². The zero-order valence-electron chi connectivity index (χ0n) is 16.5. The van der Waals surface area contributed by atoms with E-state index in [1.807, 2.05) is 54.7 Å². The van der Waals surface area contributed by atoms with Gasteiger partial charge in [0.25, 0.3) is 5.91 Å². The Balaban J connectivity index is 1.36. The fourth-order valence-corrected chi connectivity index (χ4v) is 3.61. The van der Waals surface area contributed by atoms with Crippen molar-refractivity contribution in [2.45, 2.75) is 6.54 Å². The number of nitrogens with one attached hydrogen (secondary N) is 3. The minimum Gasteiger partial charge on any atom is -0.343 e. The predicted octanol–water partition coefficient (Wildman–Crippen LogP) is 4.02. The predicted molar refractivity (Wildman–Crippen MR) is 120 cm³/mol. The van der Waals surface area contributed by atoms with Crippen LogP contribution in [0, 0.1) is 0 Å². The van der Waals surface area contributed by atoms with Crippen LogP contribution in [0.15, 0.2) is 89.9 Å². The molecule has 0 saturated carbocycles. The van der Waals surface area contributed by atoms with Crippen LogP contribution in [0.3, 0.4) is 0 Å². The Morgan fingerprint density at radius 2 is 1.84 bits per heavy atom. The third-order valence-corrected chi connectivity index (χ3v) is 5.12. The third kappa shape index (κ3) is 3.89. The van der Waals surface area contributed by atoms with Crippen LogP contribution in [0.1, 0.15) is 15.9 Å². The van der Waals surface area contributed by atoms with Crippen LogP contribution >= 0.6 is 0 Å². The van der Waals surface area contributed by atoms with Gasteiger partial charge >= 0.3 is 5.69 Å². The highest BCUT2D eigenvalue weighted by Gasteiger charge is 2.10. The second kappa shape index (κ2) is 7.79. The highest BCUT2D eigenvalue weighted by molar-refractivity contribution is 6.06. The van der Waals surface area contributed by atoms with Gasteiger partial charge in [-0.1, -0.05) is 42.5 Å². The van der Waals surface area contributed by atoms with E-state index in [2.05, 4.69) is 37.2 Å². The fourth-order valence-electron chi connectivity index (χ4n) is 3.61. The van der Waals surface area contributed by atoms with E-state index in [4.69, 9.17) is 0 Å². The first-order valence-corrected chi connectivity index (χ1v) is 9.85. The molecule has 31 heavy (non-hydrogen) atoms. The summed E-state index contributed by atoms with van der Waals surface area (Å²) >= 11 is 0. The van der Waals surface area contributed by atoms with Crippen molar-refractivity contribution in [3.63, 3.8) is 0 Å². The van der Waals surface area contributed by atoms with Crippen molar-refractivity contribution in [3.05, 3.63) is 107 Å². The standard InChI is InChI=1S/C24H19N5O2/c30-23(25-20-8-4-7-18(14-20)22-26-24(31)28-27-22)19-9-10-21-17(13-19)11-12-29(21)15-16-5-2-1-3-6-16/h1-14H,15H2,(H,25,30)(H2,26,27,28,31). The molecular formula is C24H19N5O2. The molecule has 0 aliphatic rings. The van der Waals surface area contributed by atoms with E-state index in [1.54, 1.807) is 18.2 Å². The van der Waals surface area contributed by atoms with Crippen LogP contribution in [0.5, 0.6) is 0 Å². The average Bonchev–Trinajstić information content (AvgIpc) is 3.41. The van der Waals surface area contributed by atoms with Gasteiger partial charge in [-0.25, -0.2) is 9.89 Å². The molecule has 0 spiro atoms. The number of amides is 1. The van der Waals surface area contributed by atoms with E-state index < -0.39 is 0 Å². The number of H-pyrrole nitrogens is 2. The Labute approximate surface area is 177 Å². The molecule has 152 valence electrons. The number of nitrogens with zero attached hydrogens (tertiary/aromatic N) is 2. The maximum absolute atomic E-state index is 12.8. The second-order valence-electron chi connectivity index (χ2n) is 7.26. The first-order chi connectivity index (χ1) is 15.2. The van der Waals surface area contributed by atoms with Crippen molar-refractivity contribution in [2.75, 3.05) is 5.32 Å². The van der Waals surface area contributed by atoms with E-state index in [9.17, 15) is 9.59 Å². The monoisotopic (exact) mass is 409 g/mol. The van der Waals surface area contributed by atoms with E-state index >= 15 is 0 Å². The molecule has 3 aromatic carbocycles. The van der Waals surface area contributed by atoms with Gasteiger partial charge in [0.2, 0.25) is 0 Å². The molecular weight excluding hydrogens is 390 g/mol. The van der Waals surface area contributed by atoms with E-state index in [0.717, 1.165) is 17.4 Å². The Hall–Kier alpha value is -4.39. The molecule has 7 nitrogen and oxygen atoms in total. The molecule has 2 heterocycles. The van der Waals surface area contributed by atoms with Crippen LogP contribution < -0.4 is 11.0 Å².